The molecular weight excluding hydrogens is 254 g/mol. The number of aliphatic hydroxyl groups excluding tert-OH is 1. The fraction of sp³-hybridized carbons (Fsp3) is 0.600. The summed E-state index contributed by atoms with van der Waals surface area (Å²) in [7, 11) is 1.79. The number of aliphatic hydroxyl groups is 1. The van der Waals surface area contributed by atoms with E-state index in [2.05, 4.69) is 17.2 Å². The molecule has 1 heterocycles. The van der Waals surface area contributed by atoms with Crippen LogP contribution in [-0.2, 0) is 6.42 Å². The Bertz CT molecular complexity index is 413. The summed E-state index contributed by atoms with van der Waals surface area (Å²) in [4.78, 5) is 18.6. The van der Waals surface area contributed by atoms with Gasteiger partial charge in [0.25, 0.3) is 5.91 Å². The lowest BCUT2D eigenvalue weighted by molar-refractivity contribution is 0.0719. The third kappa shape index (κ3) is 4.49. The monoisotopic (exact) mass is 279 g/mol. The van der Waals surface area contributed by atoms with E-state index >= 15 is 0 Å². The number of nitrogens with one attached hydrogen (secondary N) is 1. The van der Waals surface area contributed by atoms with E-state index in [1.807, 2.05) is 13.0 Å². The van der Waals surface area contributed by atoms with Crippen molar-refractivity contribution in [2.24, 2.45) is 0 Å². The molecule has 1 aromatic heterocycles. The van der Waals surface area contributed by atoms with E-state index < -0.39 is 0 Å². The van der Waals surface area contributed by atoms with Crippen molar-refractivity contribution >= 4 is 11.7 Å². The van der Waals surface area contributed by atoms with Crippen LogP contribution in [0.4, 0.5) is 5.82 Å². The van der Waals surface area contributed by atoms with Gasteiger partial charge >= 0.3 is 0 Å². The van der Waals surface area contributed by atoms with Gasteiger partial charge in [0.1, 0.15) is 5.82 Å². The summed E-state index contributed by atoms with van der Waals surface area (Å²) in [5.41, 5.74) is 1.52. The number of aryl methyl sites for hydroxylation is 1. The molecule has 1 rings (SSSR count). The molecule has 5 nitrogen and oxygen atoms in total. The molecule has 20 heavy (non-hydrogen) atoms. The highest BCUT2D eigenvalue weighted by Gasteiger charge is 2.16. The predicted octanol–water partition coefficient (Wildman–Crippen LogP) is 1.92. The summed E-state index contributed by atoms with van der Waals surface area (Å²) in [6.45, 7) is 5.13. The van der Waals surface area contributed by atoms with Gasteiger partial charge < -0.3 is 15.3 Å². The summed E-state index contributed by atoms with van der Waals surface area (Å²) < 4.78 is 0. The highest BCUT2D eigenvalue weighted by atomic mass is 16.3. The molecule has 2 N–H and O–H groups in total. The molecule has 0 aliphatic rings. The van der Waals surface area contributed by atoms with E-state index in [1.54, 1.807) is 18.0 Å². The van der Waals surface area contributed by atoms with E-state index in [-0.39, 0.29) is 12.5 Å². The number of hydrogen-bond acceptors (Lipinski definition) is 4. The molecule has 0 saturated carbocycles. The van der Waals surface area contributed by atoms with Crippen molar-refractivity contribution in [2.75, 3.05) is 32.1 Å². The lowest BCUT2D eigenvalue weighted by Crippen LogP contribution is -2.34. The first-order valence-corrected chi connectivity index (χ1v) is 7.25. The molecule has 0 spiro atoms. The molecule has 0 unspecified atom stereocenters. The van der Waals surface area contributed by atoms with Crippen molar-refractivity contribution in [1.29, 1.82) is 0 Å². The zero-order chi connectivity index (χ0) is 15.0. The molecule has 1 aromatic rings. The van der Waals surface area contributed by atoms with Gasteiger partial charge in [0.2, 0.25) is 0 Å². The number of nitrogens with zero attached hydrogens (tertiary/aromatic N) is 2. The normalized spacial score (nSPS) is 10.4. The zero-order valence-corrected chi connectivity index (χ0v) is 12.6. The molecule has 112 valence electrons. The topological polar surface area (TPSA) is 65.5 Å². The molecule has 0 aromatic carbocycles. The maximum absolute atomic E-state index is 12.5. The standard InChI is InChI=1S/C15H25N3O2/c1-4-6-7-18(8-9-19)15(20)12-10-13(5-2)17-14(11-12)16-3/h10-11,19H,4-9H2,1-3H3,(H,16,17). The summed E-state index contributed by atoms with van der Waals surface area (Å²) in [6.07, 6.45) is 2.74. The minimum atomic E-state index is -0.0406. The van der Waals surface area contributed by atoms with E-state index in [1.165, 1.54) is 0 Å². The summed E-state index contributed by atoms with van der Waals surface area (Å²) in [5.74, 6) is 0.660. The lowest BCUT2D eigenvalue weighted by atomic mass is 10.1. The van der Waals surface area contributed by atoms with Gasteiger partial charge in [0.15, 0.2) is 0 Å². The van der Waals surface area contributed by atoms with Crippen LogP contribution >= 0.6 is 0 Å². The average Bonchev–Trinajstić information content (AvgIpc) is 2.50. The van der Waals surface area contributed by atoms with Gasteiger partial charge in [0, 0.05) is 31.4 Å². The number of amides is 1. The van der Waals surface area contributed by atoms with E-state index in [0.717, 1.165) is 25.0 Å². The molecule has 5 heteroatoms. The average molecular weight is 279 g/mol. The van der Waals surface area contributed by atoms with Gasteiger partial charge in [-0.3, -0.25) is 4.79 Å². The molecule has 0 atom stereocenters. The Morgan fingerprint density at radius 2 is 2.10 bits per heavy atom. The highest BCUT2D eigenvalue weighted by molar-refractivity contribution is 5.95. The second-order valence-corrected chi connectivity index (χ2v) is 4.71. The van der Waals surface area contributed by atoms with Gasteiger partial charge in [-0.2, -0.15) is 0 Å². The van der Waals surface area contributed by atoms with Crippen molar-refractivity contribution < 1.29 is 9.90 Å². The van der Waals surface area contributed by atoms with Crippen LogP contribution in [0.15, 0.2) is 12.1 Å². The molecular formula is C15H25N3O2. The molecule has 0 aliphatic carbocycles. The molecule has 0 bridgehead atoms. The Kier molecular flexibility index (Phi) is 7.01. The fourth-order valence-electron chi connectivity index (χ4n) is 1.99. The Labute approximate surface area is 121 Å². The van der Waals surface area contributed by atoms with Crippen LogP contribution in [0.25, 0.3) is 0 Å². The van der Waals surface area contributed by atoms with E-state index in [9.17, 15) is 4.79 Å². The first-order chi connectivity index (χ1) is 9.65. The Balaban J connectivity index is 2.97. The minimum absolute atomic E-state index is 0.0138. The first-order valence-electron chi connectivity index (χ1n) is 7.25. The Morgan fingerprint density at radius 1 is 1.35 bits per heavy atom. The molecule has 0 saturated heterocycles. The van der Waals surface area contributed by atoms with Crippen LogP contribution in [0.3, 0.4) is 0 Å². The Hall–Kier alpha value is -1.62. The number of hydrogen-bond donors (Lipinski definition) is 2. The lowest BCUT2D eigenvalue weighted by Gasteiger charge is -2.22. The largest absolute Gasteiger partial charge is 0.395 e. The van der Waals surface area contributed by atoms with Crippen LogP contribution in [0.2, 0.25) is 0 Å². The highest BCUT2D eigenvalue weighted by Crippen LogP contribution is 2.13. The predicted molar refractivity (Wildman–Crippen MR) is 81.1 cm³/mol. The smallest absolute Gasteiger partial charge is 0.254 e. The number of carbonyl (C=O) groups excluding carboxylic acids is 1. The van der Waals surface area contributed by atoms with Gasteiger partial charge in [-0.1, -0.05) is 20.3 Å². The first kappa shape index (κ1) is 16.4. The van der Waals surface area contributed by atoms with Crippen LogP contribution in [0.1, 0.15) is 42.7 Å². The van der Waals surface area contributed by atoms with Crippen molar-refractivity contribution in [3.05, 3.63) is 23.4 Å². The van der Waals surface area contributed by atoms with Crippen LogP contribution in [0, 0.1) is 0 Å². The maximum Gasteiger partial charge on any atom is 0.254 e. The minimum Gasteiger partial charge on any atom is -0.395 e. The van der Waals surface area contributed by atoms with Crippen molar-refractivity contribution in [3.8, 4) is 0 Å². The third-order valence-electron chi connectivity index (χ3n) is 3.18. The molecule has 0 radical (unpaired) electrons. The van der Waals surface area contributed by atoms with Crippen LogP contribution < -0.4 is 5.32 Å². The van der Waals surface area contributed by atoms with Gasteiger partial charge in [-0.25, -0.2) is 4.98 Å². The fourth-order valence-corrected chi connectivity index (χ4v) is 1.99. The number of carbonyl (C=O) groups is 1. The van der Waals surface area contributed by atoms with E-state index in [0.29, 0.717) is 24.5 Å². The molecule has 1 amide bonds. The van der Waals surface area contributed by atoms with Gasteiger partial charge in [-0.05, 0) is 25.0 Å². The van der Waals surface area contributed by atoms with E-state index in [4.69, 9.17) is 5.11 Å². The molecule has 0 fully saturated rings. The van der Waals surface area contributed by atoms with Crippen molar-refractivity contribution in [2.45, 2.75) is 33.1 Å². The second-order valence-electron chi connectivity index (χ2n) is 4.71. The maximum atomic E-state index is 12.5. The van der Waals surface area contributed by atoms with Crippen LogP contribution in [0.5, 0.6) is 0 Å². The quantitative estimate of drug-likeness (QED) is 0.763. The number of anilines is 1. The second kappa shape index (κ2) is 8.53. The molecule has 0 aliphatic heterocycles. The number of unbranched alkanes of at least 4 members (excludes halogenated alkanes) is 1. The van der Waals surface area contributed by atoms with Crippen LogP contribution in [-0.4, -0.2) is 47.6 Å². The SMILES string of the molecule is CCCCN(CCO)C(=O)c1cc(CC)nc(NC)c1. The van der Waals surface area contributed by atoms with Gasteiger partial charge in [-0.15, -0.1) is 0 Å². The summed E-state index contributed by atoms with van der Waals surface area (Å²) in [5, 5.41) is 12.1. The summed E-state index contributed by atoms with van der Waals surface area (Å²) >= 11 is 0. The summed E-state index contributed by atoms with van der Waals surface area (Å²) in [6, 6.07) is 3.59. The Morgan fingerprint density at radius 3 is 2.65 bits per heavy atom. The number of pyridine rings is 1. The number of aromatic nitrogens is 1. The van der Waals surface area contributed by atoms with Crippen molar-refractivity contribution in [1.82, 2.24) is 9.88 Å². The van der Waals surface area contributed by atoms with Crippen molar-refractivity contribution in [3.63, 3.8) is 0 Å². The zero-order valence-electron chi connectivity index (χ0n) is 12.6. The van der Waals surface area contributed by atoms with Gasteiger partial charge in [0.05, 0.1) is 6.61 Å². The number of rotatable bonds is 8. The third-order valence-corrected chi connectivity index (χ3v) is 3.18.